The molecule has 0 fully saturated rings. The lowest BCUT2D eigenvalue weighted by Gasteiger charge is -2.08. The quantitative estimate of drug-likeness (QED) is 0.881. The Kier molecular flexibility index (Phi) is 3.78. The van der Waals surface area contributed by atoms with Crippen molar-refractivity contribution in [3.8, 4) is 0 Å². The maximum absolute atomic E-state index is 11.9. The summed E-state index contributed by atoms with van der Waals surface area (Å²) in [6.07, 6.45) is -3.37. The Balaban J connectivity index is 1.88. The van der Waals surface area contributed by atoms with E-state index in [1.54, 1.807) is 12.3 Å². The molecule has 2 N–H and O–H groups in total. The lowest BCUT2D eigenvalue weighted by atomic mass is 10.1. The van der Waals surface area contributed by atoms with Gasteiger partial charge in [-0.25, -0.2) is 0 Å². The van der Waals surface area contributed by atoms with Crippen LogP contribution in [0.15, 0.2) is 30.5 Å². The molecular formula is C13H13F3N2O. The third-order valence-corrected chi connectivity index (χ3v) is 2.71. The van der Waals surface area contributed by atoms with Crippen molar-refractivity contribution in [2.45, 2.75) is 19.0 Å². The smallest absolute Gasteiger partial charge is 0.361 e. The van der Waals surface area contributed by atoms with Gasteiger partial charge in [0.15, 0.2) is 0 Å². The monoisotopic (exact) mass is 270 g/mol. The summed E-state index contributed by atoms with van der Waals surface area (Å²) in [5.41, 5.74) is 1.73. The van der Waals surface area contributed by atoms with E-state index in [9.17, 15) is 18.0 Å². The number of amides is 1. The lowest BCUT2D eigenvalue weighted by molar-refractivity contribution is -0.135. The zero-order valence-electron chi connectivity index (χ0n) is 10.1. The lowest BCUT2D eigenvalue weighted by Crippen LogP contribution is -2.29. The van der Waals surface area contributed by atoms with Crippen LogP contribution in [0.25, 0.3) is 10.9 Å². The number of hydrogen-bond acceptors (Lipinski definition) is 1. The molecule has 0 saturated heterocycles. The van der Waals surface area contributed by atoms with E-state index in [2.05, 4.69) is 10.3 Å². The van der Waals surface area contributed by atoms with Gasteiger partial charge in [0, 0.05) is 18.3 Å². The van der Waals surface area contributed by atoms with E-state index < -0.39 is 18.5 Å². The van der Waals surface area contributed by atoms with Gasteiger partial charge in [0.25, 0.3) is 0 Å². The van der Waals surface area contributed by atoms with Crippen LogP contribution in [0.4, 0.5) is 13.2 Å². The van der Waals surface area contributed by atoms with Crippen molar-refractivity contribution in [3.63, 3.8) is 0 Å². The van der Waals surface area contributed by atoms with Gasteiger partial charge in [0.05, 0.1) is 12.8 Å². The van der Waals surface area contributed by atoms with Crippen LogP contribution in [0, 0.1) is 0 Å². The molecule has 0 aliphatic carbocycles. The maximum Gasteiger partial charge on any atom is 0.390 e. The molecular weight excluding hydrogens is 257 g/mol. The Morgan fingerprint density at radius 3 is 2.79 bits per heavy atom. The Bertz CT molecular complexity index is 575. The molecule has 1 heterocycles. The minimum atomic E-state index is -4.24. The Hall–Kier alpha value is -1.98. The summed E-state index contributed by atoms with van der Waals surface area (Å²) in [4.78, 5) is 14.5. The number of fused-ring (bicyclic) bond motifs is 1. The summed E-state index contributed by atoms with van der Waals surface area (Å²) < 4.78 is 35.8. The number of rotatable bonds is 4. The van der Waals surface area contributed by atoms with E-state index in [0.29, 0.717) is 0 Å². The second-order valence-electron chi connectivity index (χ2n) is 4.29. The van der Waals surface area contributed by atoms with Gasteiger partial charge in [0.1, 0.15) is 0 Å². The number of alkyl halides is 3. The highest BCUT2D eigenvalue weighted by Gasteiger charge is 2.26. The van der Waals surface area contributed by atoms with Crippen LogP contribution in [-0.2, 0) is 11.2 Å². The number of carbonyl (C=O) groups is 1. The van der Waals surface area contributed by atoms with E-state index in [0.717, 1.165) is 16.5 Å². The van der Waals surface area contributed by atoms with Crippen LogP contribution in [0.2, 0.25) is 0 Å². The first-order chi connectivity index (χ1) is 8.94. The van der Waals surface area contributed by atoms with Gasteiger partial charge in [-0.15, -0.1) is 0 Å². The Labute approximate surface area is 107 Å². The van der Waals surface area contributed by atoms with Crippen LogP contribution in [0.3, 0.4) is 0 Å². The standard InChI is InChI=1S/C13H13F3N2O/c14-13(15,16)4-6-18-12(19)8-9-1-2-11-10(7-9)3-5-17-11/h1-3,5,7,17H,4,6,8H2,(H,18,19). The number of halogens is 3. The molecule has 0 radical (unpaired) electrons. The zero-order valence-corrected chi connectivity index (χ0v) is 10.1. The zero-order chi connectivity index (χ0) is 13.9. The molecule has 0 unspecified atom stereocenters. The van der Waals surface area contributed by atoms with E-state index >= 15 is 0 Å². The summed E-state index contributed by atoms with van der Waals surface area (Å²) in [7, 11) is 0. The van der Waals surface area contributed by atoms with E-state index in [-0.39, 0.29) is 13.0 Å². The van der Waals surface area contributed by atoms with Crippen LogP contribution in [-0.4, -0.2) is 23.6 Å². The molecule has 1 aromatic carbocycles. The normalized spacial score (nSPS) is 11.7. The average molecular weight is 270 g/mol. The minimum Gasteiger partial charge on any atom is -0.361 e. The first-order valence-corrected chi connectivity index (χ1v) is 5.83. The second-order valence-corrected chi connectivity index (χ2v) is 4.29. The molecule has 0 spiro atoms. The molecule has 1 aromatic heterocycles. The summed E-state index contributed by atoms with van der Waals surface area (Å²) in [5.74, 6) is -0.404. The first-order valence-electron chi connectivity index (χ1n) is 5.83. The fraction of sp³-hybridized carbons (Fsp3) is 0.308. The number of hydrogen-bond donors (Lipinski definition) is 2. The number of benzene rings is 1. The molecule has 2 aromatic rings. The Morgan fingerprint density at radius 2 is 2.05 bits per heavy atom. The summed E-state index contributed by atoms with van der Waals surface area (Å²) in [5, 5.41) is 3.24. The number of nitrogens with one attached hydrogen (secondary N) is 2. The van der Waals surface area contributed by atoms with Crippen molar-refractivity contribution < 1.29 is 18.0 Å². The fourth-order valence-corrected chi connectivity index (χ4v) is 1.80. The van der Waals surface area contributed by atoms with Crippen molar-refractivity contribution >= 4 is 16.8 Å². The largest absolute Gasteiger partial charge is 0.390 e. The molecule has 0 bridgehead atoms. The topological polar surface area (TPSA) is 44.9 Å². The Morgan fingerprint density at radius 1 is 1.26 bits per heavy atom. The number of aromatic nitrogens is 1. The highest BCUT2D eigenvalue weighted by Crippen LogP contribution is 2.18. The first kappa shape index (κ1) is 13.5. The molecule has 19 heavy (non-hydrogen) atoms. The van der Waals surface area contributed by atoms with Gasteiger partial charge in [0.2, 0.25) is 5.91 Å². The average Bonchev–Trinajstić information content (AvgIpc) is 2.74. The molecule has 3 nitrogen and oxygen atoms in total. The molecule has 102 valence electrons. The van der Waals surface area contributed by atoms with Crippen molar-refractivity contribution in [1.82, 2.24) is 10.3 Å². The molecule has 6 heteroatoms. The van der Waals surface area contributed by atoms with Crippen LogP contribution in [0.5, 0.6) is 0 Å². The van der Waals surface area contributed by atoms with Crippen LogP contribution >= 0.6 is 0 Å². The minimum absolute atomic E-state index is 0.0823. The van der Waals surface area contributed by atoms with Gasteiger partial charge in [-0.1, -0.05) is 6.07 Å². The summed E-state index contributed by atoms with van der Waals surface area (Å²) >= 11 is 0. The molecule has 1 amide bonds. The highest BCUT2D eigenvalue weighted by atomic mass is 19.4. The van der Waals surface area contributed by atoms with Gasteiger partial charge < -0.3 is 10.3 Å². The third-order valence-electron chi connectivity index (χ3n) is 2.71. The molecule has 2 rings (SSSR count). The van der Waals surface area contributed by atoms with E-state index in [4.69, 9.17) is 0 Å². The van der Waals surface area contributed by atoms with Crippen molar-refractivity contribution in [1.29, 1.82) is 0 Å². The van der Waals surface area contributed by atoms with E-state index in [1.165, 1.54) is 0 Å². The van der Waals surface area contributed by atoms with Gasteiger partial charge in [-0.3, -0.25) is 4.79 Å². The van der Waals surface area contributed by atoms with Crippen molar-refractivity contribution in [2.75, 3.05) is 6.54 Å². The number of carbonyl (C=O) groups excluding carboxylic acids is 1. The molecule has 0 aliphatic rings. The maximum atomic E-state index is 11.9. The predicted octanol–water partition coefficient (Wildman–Crippen LogP) is 2.78. The third kappa shape index (κ3) is 4.01. The van der Waals surface area contributed by atoms with Crippen molar-refractivity contribution in [3.05, 3.63) is 36.0 Å². The highest BCUT2D eigenvalue weighted by molar-refractivity contribution is 5.83. The molecule has 0 atom stereocenters. The van der Waals surface area contributed by atoms with Crippen LogP contribution in [0.1, 0.15) is 12.0 Å². The SMILES string of the molecule is O=C(Cc1ccc2[nH]ccc2c1)NCCC(F)(F)F. The van der Waals surface area contributed by atoms with Crippen molar-refractivity contribution in [2.24, 2.45) is 0 Å². The molecule has 0 aliphatic heterocycles. The van der Waals surface area contributed by atoms with Gasteiger partial charge in [-0.2, -0.15) is 13.2 Å². The number of H-pyrrole nitrogens is 1. The second kappa shape index (κ2) is 5.34. The summed E-state index contributed by atoms with van der Waals surface area (Å²) in [6.45, 7) is -0.380. The molecule has 0 saturated carbocycles. The summed E-state index contributed by atoms with van der Waals surface area (Å²) in [6, 6.07) is 7.34. The van der Waals surface area contributed by atoms with Gasteiger partial charge >= 0.3 is 6.18 Å². The van der Waals surface area contributed by atoms with Crippen LogP contribution < -0.4 is 5.32 Å². The predicted molar refractivity (Wildman–Crippen MR) is 65.7 cm³/mol. The number of aromatic amines is 1. The van der Waals surface area contributed by atoms with Gasteiger partial charge in [-0.05, 0) is 29.1 Å². The fourth-order valence-electron chi connectivity index (χ4n) is 1.80. The van der Waals surface area contributed by atoms with E-state index in [1.807, 2.05) is 18.2 Å².